The van der Waals surface area contributed by atoms with E-state index >= 15 is 0 Å². The molecule has 164 valence electrons. The van der Waals surface area contributed by atoms with E-state index in [-0.39, 0.29) is 21.5 Å². The van der Waals surface area contributed by atoms with Gasteiger partial charge in [-0.3, -0.25) is 4.79 Å². The van der Waals surface area contributed by atoms with Gasteiger partial charge < -0.3 is 25.0 Å². The fourth-order valence-corrected chi connectivity index (χ4v) is 4.70. The lowest BCUT2D eigenvalue weighted by molar-refractivity contribution is 0.0601. The summed E-state index contributed by atoms with van der Waals surface area (Å²) in [4.78, 5) is 38.8. The third kappa shape index (κ3) is 5.02. The third-order valence-corrected chi connectivity index (χ3v) is 6.31. The first-order valence-corrected chi connectivity index (χ1v) is 10.9. The molecule has 1 amide bonds. The van der Waals surface area contributed by atoms with Gasteiger partial charge in [0.25, 0.3) is 5.91 Å². The van der Waals surface area contributed by atoms with E-state index < -0.39 is 11.9 Å². The Balaban J connectivity index is 1.72. The Kier molecular flexibility index (Phi) is 7.24. The quantitative estimate of drug-likeness (QED) is 0.514. The predicted octanol–water partition coefficient (Wildman–Crippen LogP) is 3.67. The summed E-state index contributed by atoms with van der Waals surface area (Å²) < 4.78 is 9.62. The average Bonchev–Trinajstić information content (AvgIpc) is 3.41. The monoisotopic (exact) mass is 461 g/mol. The number of rotatable bonds is 5. The van der Waals surface area contributed by atoms with Crippen LogP contribution in [0.5, 0.6) is 0 Å². The summed E-state index contributed by atoms with van der Waals surface area (Å²) in [6.45, 7) is 3.24. The fraction of sp³-hybridized carbons (Fsp3) is 0.333. The highest BCUT2D eigenvalue weighted by Crippen LogP contribution is 2.34. The smallest absolute Gasteiger partial charge is 0.348 e. The number of thiocarbonyl (C=S) groups is 1. The number of amides is 1. The number of esters is 2. The first-order chi connectivity index (χ1) is 14.8. The Morgan fingerprint density at radius 3 is 2.19 bits per heavy atom. The Bertz CT molecular complexity index is 1010. The van der Waals surface area contributed by atoms with Gasteiger partial charge in [0.2, 0.25) is 0 Å². The van der Waals surface area contributed by atoms with Gasteiger partial charge in [0, 0.05) is 24.3 Å². The molecule has 3 rings (SSSR count). The molecule has 8 nitrogen and oxygen atoms in total. The van der Waals surface area contributed by atoms with Crippen molar-refractivity contribution in [3.63, 3.8) is 0 Å². The van der Waals surface area contributed by atoms with Crippen molar-refractivity contribution in [3.8, 4) is 0 Å². The van der Waals surface area contributed by atoms with E-state index in [4.69, 9.17) is 21.7 Å². The minimum absolute atomic E-state index is 0.0249. The summed E-state index contributed by atoms with van der Waals surface area (Å²) in [5.41, 5.74) is 1.98. The van der Waals surface area contributed by atoms with Crippen molar-refractivity contribution < 1.29 is 23.9 Å². The number of hydrogen-bond donors (Lipinski definition) is 2. The Morgan fingerprint density at radius 1 is 1.00 bits per heavy atom. The fourth-order valence-electron chi connectivity index (χ4n) is 3.30. The number of thiophene rings is 1. The van der Waals surface area contributed by atoms with Gasteiger partial charge in [-0.2, -0.15) is 0 Å². The van der Waals surface area contributed by atoms with Gasteiger partial charge in [-0.1, -0.05) is 0 Å². The lowest BCUT2D eigenvalue weighted by Crippen LogP contribution is -2.27. The Labute approximate surface area is 189 Å². The molecule has 2 N–H and O–H groups in total. The Hall–Kier alpha value is -2.98. The van der Waals surface area contributed by atoms with Crippen molar-refractivity contribution in [2.24, 2.45) is 0 Å². The molecule has 0 saturated carbocycles. The van der Waals surface area contributed by atoms with Crippen LogP contribution in [0.3, 0.4) is 0 Å². The summed E-state index contributed by atoms with van der Waals surface area (Å²) in [5.74, 6) is -1.10. The van der Waals surface area contributed by atoms with Gasteiger partial charge in [-0.15, -0.1) is 11.3 Å². The Morgan fingerprint density at radius 2 is 1.61 bits per heavy atom. The van der Waals surface area contributed by atoms with Crippen LogP contribution < -0.4 is 10.6 Å². The summed E-state index contributed by atoms with van der Waals surface area (Å²) >= 11 is 6.42. The topological polar surface area (TPSA) is 97.0 Å². The number of anilines is 2. The van der Waals surface area contributed by atoms with Crippen LogP contribution in [0.4, 0.5) is 10.7 Å². The maximum absolute atomic E-state index is 12.5. The third-order valence-electron chi connectivity index (χ3n) is 4.92. The van der Waals surface area contributed by atoms with Crippen LogP contribution in [-0.4, -0.2) is 55.2 Å². The van der Waals surface area contributed by atoms with Crippen molar-refractivity contribution in [1.29, 1.82) is 0 Å². The number of benzene rings is 1. The zero-order valence-corrected chi connectivity index (χ0v) is 19.1. The molecule has 1 aliphatic rings. The molecular formula is C21H23N3O5S2. The lowest BCUT2D eigenvalue weighted by atomic mass is 10.1. The number of carbonyl (C=O) groups excluding carboxylic acids is 3. The van der Waals surface area contributed by atoms with E-state index in [1.807, 2.05) is 4.90 Å². The van der Waals surface area contributed by atoms with Crippen LogP contribution in [-0.2, 0) is 9.47 Å². The van der Waals surface area contributed by atoms with E-state index in [0.29, 0.717) is 21.8 Å². The van der Waals surface area contributed by atoms with Crippen LogP contribution in [0, 0.1) is 6.92 Å². The minimum atomic E-state index is -0.584. The number of carbonyl (C=O) groups is 3. The first-order valence-electron chi connectivity index (χ1n) is 9.63. The SMILES string of the molecule is COC(=O)c1sc(NC(=S)Nc2ccc(C(=O)N3CCCC3)cc2)c(C(=O)OC)c1C. The van der Waals surface area contributed by atoms with Crippen LogP contribution in [0.25, 0.3) is 0 Å². The van der Waals surface area contributed by atoms with Crippen LogP contribution in [0.15, 0.2) is 24.3 Å². The molecule has 1 saturated heterocycles. The molecule has 0 radical (unpaired) electrons. The van der Waals surface area contributed by atoms with Gasteiger partial charge in [0.05, 0.1) is 19.8 Å². The summed E-state index contributed by atoms with van der Waals surface area (Å²) in [6, 6.07) is 7.02. The maximum atomic E-state index is 12.5. The van der Waals surface area contributed by atoms with Crippen LogP contribution in [0.1, 0.15) is 48.8 Å². The van der Waals surface area contributed by atoms with Crippen molar-refractivity contribution in [2.75, 3.05) is 37.9 Å². The zero-order valence-electron chi connectivity index (χ0n) is 17.4. The second-order valence-corrected chi connectivity index (χ2v) is 8.33. The highest BCUT2D eigenvalue weighted by molar-refractivity contribution is 7.80. The zero-order chi connectivity index (χ0) is 22.5. The molecule has 0 spiro atoms. The first kappa shape index (κ1) is 22.7. The second-order valence-electron chi connectivity index (χ2n) is 6.90. The number of nitrogens with zero attached hydrogens (tertiary/aromatic N) is 1. The van der Waals surface area contributed by atoms with Gasteiger partial charge in [0.15, 0.2) is 5.11 Å². The van der Waals surface area contributed by atoms with E-state index in [1.165, 1.54) is 14.2 Å². The standard InChI is InChI=1S/C21H23N3O5S2/c1-12-15(19(26)28-2)17(31-16(12)20(27)29-3)23-21(30)22-14-8-6-13(7-9-14)18(25)24-10-4-5-11-24/h6-9H,4-5,10-11H2,1-3H3,(H2,22,23,30). The summed E-state index contributed by atoms with van der Waals surface area (Å²) in [5, 5.41) is 6.57. The van der Waals surface area contributed by atoms with Gasteiger partial charge in [-0.25, -0.2) is 9.59 Å². The molecule has 1 aromatic heterocycles. The van der Waals surface area contributed by atoms with E-state index in [9.17, 15) is 14.4 Å². The van der Waals surface area contributed by atoms with E-state index in [2.05, 4.69) is 10.6 Å². The number of hydrogen-bond acceptors (Lipinski definition) is 7. The van der Waals surface area contributed by atoms with Crippen LogP contribution >= 0.6 is 23.6 Å². The second kappa shape index (κ2) is 9.88. The maximum Gasteiger partial charge on any atom is 0.348 e. The van der Waals surface area contributed by atoms with Gasteiger partial charge >= 0.3 is 11.9 Å². The van der Waals surface area contributed by atoms with Crippen molar-refractivity contribution in [2.45, 2.75) is 19.8 Å². The highest BCUT2D eigenvalue weighted by atomic mass is 32.1. The van der Waals surface area contributed by atoms with Crippen molar-refractivity contribution in [3.05, 3.63) is 45.8 Å². The molecule has 0 unspecified atom stereocenters. The van der Waals surface area contributed by atoms with Gasteiger partial charge in [-0.05, 0) is 61.8 Å². The largest absolute Gasteiger partial charge is 0.465 e. The molecule has 0 aliphatic carbocycles. The van der Waals surface area contributed by atoms with Crippen LogP contribution in [0.2, 0.25) is 0 Å². The van der Waals surface area contributed by atoms with Crippen molar-refractivity contribution >= 4 is 57.2 Å². The summed E-state index contributed by atoms with van der Waals surface area (Å²) in [6.07, 6.45) is 2.08. The minimum Gasteiger partial charge on any atom is -0.465 e. The molecular weight excluding hydrogens is 438 g/mol. The predicted molar refractivity (Wildman–Crippen MR) is 123 cm³/mol. The molecule has 1 fully saturated rings. The molecule has 0 atom stereocenters. The highest BCUT2D eigenvalue weighted by Gasteiger charge is 2.26. The van der Waals surface area contributed by atoms with E-state index in [1.54, 1.807) is 31.2 Å². The molecule has 1 aromatic carbocycles. The summed E-state index contributed by atoms with van der Waals surface area (Å²) in [7, 11) is 2.54. The van der Waals surface area contributed by atoms with Crippen molar-refractivity contribution in [1.82, 2.24) is 4.90 Å². The number of nitrogens with one attached hydrogen (secondary N) is 2. The number of likely N-dealkylation sites (tertiary alicyclic amines) is 1. The lowest BCUT2D eigenvalue weighted by Gasteiger charge is -2.15. The molecule has 1 aliphatic heterocycles. The number of ether oxygens (including phenoxy) is 2. The molecule has 2 aromatic rings. The normalized spacial score (nSPS) is 12.9. The molecule has 10 heteroatoms. The molecule has 31 heavy (non-hydrogen) atoms. The molecule has 0 bridgehead atoms. The average molecular weight is 462 g/mol. The molecule has 2 heterocycles. The number of methoxy groups -OCH3 is 2. The van der Waals surface area contributed by atoms with E-state index in [0.717, 1.165) is 37.3 Å². The van der Waals surface area contributed by atoms with Gasteiger partial charge in [0.1, 0.15) is 9.88 Å².